The molecule has 7 aromatic rings. The van der Waals surface area contributed by atoms with Crippen molar-refractivity contribution in [2.75, 3.05) is 32.9 Å². The lowest BCUT2D eigenvalue weighted by Gasteiger charge is -2.10. The lowest BCUT2D eigenvalue weighted by Crippen LogP contribution is -2.08. The molecule has 0 atom stereocenters. The Morgan fingerprint density at radius 2 is 1.26 bits per heavy atom. The van der Waals surface area contributed by atoms with Crippen LogP contribution in [0.5, 0.6) is 11.5 Å². The van der Waals surface area contributed by atoms with E-state index in [0.717, 1.165) is 65.7 Å². The maximum atomic E-state index is 11.7. The summed E-state index contributed by atoms with van der Waals surface area (Å²) < 4.78 is 20.3. The fraction of sp³-hybridized carbons (Fsp3) is 0.179. The standard InChI is InChI=1S/C24H21N3O4S.C15H11ClN2O2S/c1-14-11-18-22(25-10-9-15-3-8-19-20(12-15)31-13-30-19)26-21(27-23(18)32-14)16-4-6-17(7-5-16)24(28)29-2;1-8-7-11-12(16)17-13(18-14(11)21-8)9-3-5-10(6-4-9)15(19)20-2/h3-8,11-12H,9-10,13H2,1-2H3,(H,25,26,27);3-7H,1-2H3. The Morgan fingerprint density at radius 1 is 0.717 bits per heavy atom. The number of anilines is 1. The number of carbonyl (C=O) groups excluding carboxylic acids is 2. The molecule has 1 N–H and O–H groups in total. The number of fused-ring (bicyclic) bond motifs is 3. The van der Waals surface area contributed by atoms with Crippen LogP contribution in [0.2, 0.25) is 5.15 Å². The molecule has 1 aliphatic rings. The number of ether oxygens (including phenoxy) is 4. The molecule has 0 fully saturated rings. The summed E-state index contributed by atoms with van der Waals surface area (Å²) in [6.45, 7) is 5.05. The lowest BCUT2D eigenvalue weighted by atomic mass is 10.1. The van der Waals surface area contributed by atoms with Crippen molar-refractivity contribution in [3.8, 4) is 34.3 Å². The summed E-state index contributed by atoms with van der Waals surface area (Å²) >= 11 is 9.42. The first kappa shape index (κ1) is 35.8. The molecule has 5 heterocycles. The van der Waals surface area contributed by atoms with Gasteiger partial charge in [0.25, 0.3) is 0 Å². The molecule has 53 heavy (non-hydrogen) atoms. The predicted octanol–water partition coefficient (Wildman–Crippen LogP) is 8.94. The average molecular weight is 766 g/mol. The van der Waals surface area contributed by atoms with Gasteiger partial charge in [-0.25, -0.2) is 29.5 Å². The van der Waals surface area contributed by atoms with Crippen LogP contribution < -0.4 is 14.8 Å². The van der Waals surface area contributed by atoms with E-state index in [1.54, 1.807) is 59.1 Å². The summed E-state index contributed by atoms with van der Waals surface area (Å²) in [6, 6.07) is 24.1. The highest BCUT2D eigenvalue weighted by Crippen LogP contribution is 2.34. The first-order chi connectivity index (χ1) is 25.7. The van der Waals surface area contributed by atoms with Gasteiger partial charge in [-0.2, -0.15) is 0 Å². The Bertz CT molecular complexity index is 2470. The topological polar surface area (TPSA) is 135 Å². The van der Waals surface area contributed by atoms with Gasteiger partial charge in [0.05, 0.1) is 30.7 Å². The van der Waals surface area contributed by atoms with Crippen molar-refractivity contribution in [3.05, 3.63) is 110 Å². The third kappa shape index (κ3) is 7.92. The van der Waals surface area contributed by atoms with Crippen LogP contribution in [0.15, 0.2) is 78.9 Å². The van der Waals surface area contributed by atoms with Gasteiger partial charge in [-0.3, -0.25) is 0 Å². The van der Waals surface area contributed by atoms with Crippen LogP contribution in [0.3, 0.4) is 0 Å². The second kappa shape index (κ2) is 15.5. The van der Waals surface area contributed by atoms with Crippen LogP contribution in [0.1, 0.15) is 36.0 Å². The summed E-state index contributed by atoms with van der Waals surface area (Å²) in [5.74, 6) is 2.80. The molecule has 0 aliphatic carbocycles. The number of hydrogen-bond acceptors (Lipinski definition) is 13. The van der Waals surface area contributed by atoms with Crippen molar-refractivity contribution in [1.29, 1.82) is 0 Å². The van der Waals surface area contributed by atoms with Crippen molar-refractivity contribution in [3.63, 3.8) is 0 Å². The number of methoxy groups -OCH3 is 2. The zero-order valence-electron chi connectivity index (χ0n) is 29.1. The van der Waals surface area contributed by atoms with Crippen LogP contribution in [-0.4, -0.2) is 59.4 Å². The normalized spacial score (nSPS) is 11.6. The van der Waals surface area contributed by atoms with Crippen molar-refractivity contribution < 1.29 is 28.5 Å². The van der Waals surface area contributed by atoms with Gasteiger partial charge in [0.1, 0.15) is 20.6 Å². The third-order valence-electron chi connectivity index (χ3n) is 8.26. The number of nitrogens with one attached hydrogen (secondary N) is 1. The van der Waals surface area contributed by atoms with E-state index in [1.165, 1.54) is 19.1 Å². The Labute approximate surface area is 317 Å². The fourth-order valence-electron chi connectivity index (χ4n) is 5.61. The maximum absolute atomic E-state index is 11.7. The minimum atomic E-state index is -0.371. The highest BCUT2D eigenvalue weighted by molar-refractivity contribution is 7.19. The average Bonchev–Trinajstić information content (AvgIpc) is 3.91. The number of nitrogens with zero attached hydrogens (tertiary/aromatic N) is 4. The molecular weight excluding hydrogens is 734 g/mol. The monoisotopic (exact) mass is 765 g/mol. The van der Waals surface area contributed by atoms with E-state index in [4.69, 9.17) is 35.8 Å². The number of benzene rings is 3. The van der Waals surface area contributed by atoms with E-state index in [1.807, 2.05) is 43.3 Å². The van der Waals surface area contributed by atoms with Crippen LogP contribution in [0.4, 0.5) is 5.82 Å². The minimum absolute atomic E-state index is 0.275. The van der Waals surface area contributed by atoms with E-state index in [-0.39, 0.29) is 18.7 Å². The van der Waals surface area contributed by atoms with Crippen LogP contribution in [0, 0.1) is 13.8 Å². The number of aryl methyl sites for hydroxylation is 2. The molecule has 8 rings (SSSR count). The second-order valence-corrected chi connectivity index (χ2v) is 14.7. The Balaban J connectivity index is 0.000000179. The predicted molar refractivity (Wildman–Crippen MR) is 208 cm³/mol. The molecule has 1 aliphatic heterocycles. The molecule has 3 aromatic carbocycles. The van der Waals surface area contributed by atoms with Gasteiger partial charge in [0.2, 0.25) is 6.79 Å². The van der Waals surface area contributed by atoms with Crippen LogP contribution in [0.25, 0.3) is 43.2 Å². The molecule has 0 unspecified atom stereocenters. The number of hydrogen-bond donors (Lipinski definition) is 1. The molecule has 0 amide bonds. The highest BCUT2D eigenvalue weighted by atomic mass is 35.5. The van der Waals surface area contributed by atoms with Gasteiger partial charge in [-0.05, 0) is 74.4 Å². The summed E-state index contributed by atoms with van der Waals surface area (Å²) in [4.78, 5) is 45.6. The van der Waals surface area contributed by atoms with E-state index < -0.39 is 0 Å². The quantitative estimate of drug-likeness (QED) is 0.117. The van der Waals surface area contributed by atoms with Gasteiger partial charge >= 0.3 is 11.9 Å². The Hall–Kier alpha value is -5.63. The molecule has 0 radical (unpaired) electrons. The summed E-state index contributed by atoms with van der Waals surface area (Å²) in [6.07, 6.45) is 0.814. The van der Waals surface area contributed by atoms with Gasteiger partial charge in [-0.1, -0.05) is 41.9 Å². The number of thiophene rings is 2. The number of aromatic nitrogens is 4. The summed E-state index contributed by atoms with van der Waals surface area (Å²) in [5.41, 5.74) is 3.78. The largest absolute Gasteiger partial charge is 0.465 e. The fourth-order valence-corrected chi connectivity index (χ4v) is 7.65. The van der Waals surface area contributed by atoms with E-state index in [2.05, 4.69) is 33.0 Å². The van der Waals surface area contributed by atoms with Gasteiger partial charge in [-0.15, -0.1) is 22.7 Å². The van der Waals surface area contributed by atoms with Crippen molar-refractivity contribution in [2.45, 2.75) is 20.3 Å². The lowest BCUT2D eigenvalue weighted by molar-refractivity contribution is 0.0592. The molecule has 14 heteroatoms. The molecular formula is C39H32ClN5O6S2. The molecule has 11 nitrogen and oxygen atoms in total. The number of rotatable bonds is 8. The molecule has 0 spiro atoms. The molecule has 0 bridgehead atoms. The SMILES string of the molecule is COC(=O)c1ccc(-c2nc(Cl)c3cc(C)sc3n2)cc1.COC(=O)c1ccc(-c2nc(NCCc3ccc4c(c3)OCO4)c3cc(C)sc3n2)cc1. The number of halogens is 1. The molecule has 4 aromatic heterocycles. The first-order valence-corrected chi connectivity index (χ1v) is 18.4. The van der Waals surface area contributed by atoms with Crippen LogP contribution in [-0.2, 0) is 15.9 Å². The van der Waals surface area contributed by atoms with Gasteiger partial charge < -0.3 is 24.3 Å². The third-order valence-corrected chi connectivity index (χ3v) is 10.4. The van der Waals surface area contributed by atoms with Crippen molar-refractivity contribution >= 4 is 72.5 Å². The summed E-state index contributed by atoms with van der Waals surface area (Å²) in [7, 11) is 2.72. The maximum Gasteiger partial charge on any atom is 0.337 e. The zero-order valence-corrected chi connectivity index (χ0v) is 31.4. The van der Waals surface area contributed by atoms with Crippen molar-refractivity contribution in [2.24, 2.45) is 0 Å². The minimum Gasteiger partial charge on any atom is -0.465 e. The number of carbonyl (C=O) groups is 2. The zero-order chi connectivity index (χ0) is 37.1. The van der Waals surface area contributed by atoms with Gasteiger partial charge in [0.15, 0.2) is 23.1 Å². The van der Waals surface area contributed by atoms with Crippen molar-refractivity contribution in [1.82, 2.24) is 19.9 Å². The summed E-state index contributed by atoms with van der Waals surface area (Å²) in [5, 5.41) is 5.79. The van der Waals surface area contributed by atoms with E-state index >= 15 is 0 Å². The first-order valence-electron chi connectivity index (χ1n) is 16.4. The van der Waals surface area contributed by atoms with Crippen LogP contribution >= 0.6 is 34.3 Å². The Kier molecular flexibility index (Phi) is 10.5. The van der Waals surface area contributed by atoms with Gasteiger partial charge in [0, 0.05) is 32.8 Å². The second-order valence-electron chi connectivity index (χ2n) is 11.9. The molecule has 0 saturated carbocycles. The molecule has 0 saturated heterocycles. The smallest absolute Gasteiger partial charge is 0.337 e. The van der Waals surface area contributed by atoms with E-state index in [9.17, 15) is 9.59 Å². The highest BCUT2D eigenvalue weighted by Gasteiger charge is 2.16. The molecule has 268 valence electrons. The van der Waals surface area contributed by atoms with E-state index in [0.29, 0.717) is 34.5 Å². The Morgan fingerprint density at radius 3 is 1.87 bits per heavy atom. The number of esters is 2.